The number of anilines is 1. The first-order chi connectivity index (χ1) is 10.0. The van der Waals surface area contributed by atoms with Gasteiger partial charge in [-0.1, -0.05) is 41.9 Å². The van der Waals surface area contributed by atoms with Gasteiger partial charge in [-0.2, -0.15) is 0 Å². The van der Waals surface area contributed by atoms with E-state index >= 15 is 0 Å². The summed E-state index contributed by atoms with van der Waals surface area (Å²) in [5, 5.41) is 24.6. The molecule has 1 unspecified atom stereocenters. The third-order valence-corrected chi connectivity index (χ3v) is 3.53. The van der Waals surface area contributed by atoms with Crippen LogP contribution in [0.1, 0.15) is 17.2 Å². The number of nitro groups is 1. The second-order valence-corrected chi connectivity index (χ2v) is 5.05. The minimum absolute atomic E-state index is 0.0126. The zero-order chi connectivity index (χ0) is 15.4. The number of aliphatic hydroxyl groups excluding tert-OH is 1. The number of aliphatic hydroxyl groups is 1. The van der Waals surface area contributed by atoms with E-state index in [4.69, 9.17) is 11.6 Å². The first kappa shape index (κ1) is 15.3. The zero-order valence-electron chi connectivity index (χ0n) is 11.4. The number of halogens is 1. The molecule has 0 aromatic heterocycles. The number of hydrogen-bond donors (Lipinski definition) is 2. The predicted octanol–water partition coefficient (Wildman–Crippen LogP) is 3.70. The van der Waals surface area contributed by atoms with E-state index in [2.05, 4.69) is 5.32 Å². The van der Waals surface area contributed by atoms with Gasteiger partial charge >= 0.3 is 0 Å². The summed E-state index contributed by atoms with van der Waals surface area (Å²) in [6, 6.07) is 11.8. The van der Waals surface area contributed by atoms with Gasteiger partial charge in [-0.25, -0.2) is 0 Å². The predicted molar refractivity (Wildman–Crippen MR) is 82.7 cm³/mol. The van der Waals surface area contributed by atoms with E-state index in [1.807, 2.05) is 0 Å². The average molecular weight is 307 g/mol. The molecule has 0 bridgehead atoms. The van der Waals surface area contributed by atoms with Crippen molar-refractivity contribution in [1.29, 1.82) is 0 Å². The number of nitro benzene ring substituents is 1. The van der Waals surface area contributed by atoms with Crippen molar-refractivity contribution in [2.75, 3.05) is 11.9 Å². The van der Waals surface area contributed by atoms with Gasteiger partial charge in [-0.15, -0.1) is 0 Å². The maximum atomic E-state index is 11.0. The second kappa shape index (κ2) is 6.56. The Kier molecular flexibility index (Phi) is 4.77. The number of nitrogens with zero attached hydrogens (tertiary/aromatic N) is 1. The fourth-order valence-corrected chi connectivity index (χ4v) is 2.35. The molecule has 0 fully saturated rings. The van der Waals surface area contributed by atoms with Crippen molar-refractivity contribution < 1.29 is 10.0 Å². The van der Waals surface area contributed by atoms with Gasteiger partial charge in [-0.3, -0.25) is 10.1 Å². The topological polar surface area (TPSA) is 75.4 Å². The number of rotatable bonds is 5. The molecule has 1 atom stereocenters. The van der Waals surface area contributed by atoms with Gasteiger partial charge in [-0.05, 0) is 18.6 Å². The molecule has 2 aromatic carbocycles. The maximum absolute atomic E-state index is 11.0. The first-order valence-electron chi connectivity index (χ1n) is 6.41. The van der Waals surface area contributed by atoms with Crippen molar-refractivity contribution in [3.8, 4) is 0 Å². The molecule has 6 heteroatoms. The summed E-state index contributed by atoms with van der Waals surface area (Å²) in [4.78, 5) is 10.6. The van der Waals surface area contributed by atoms with E-state index in [0.29, 0.717) is 16.3 Å². The number of aryl methyl sites for hydroxylation is 1. The van der Waals surface area contributed by atoms with E-state index in [1.54, 1.807) is 43.3 Å². The lowest BCUT2D eigenvalue weighted by Gasteiger charge is -2.15. The summed E-state index contributed by atoms with van der Waals surface area (Å²) in [6.45, 7) is 1.91. The molecule has 2 rings (SSSR count). The van der Waals surface area contributed by atoms with Crippen LogP contribution >= 0.6 is 11.6 Å². The highest BCUT2D eigenvalue weighted by molar-refractivity contribution is 6.31. The summed E-state index contributed by atoms with van der Waals surface area (Å²) in [6.07, 6.45) is -0.849. The molecular weight excluding hydrogens is 292 g/mol. The number of benzene rings is 2. The van der Waals surface area contributed by atoms with Gasteiger partial charge in [0.05, 0.1) is 11.0 Å². The third-order valence-electron chi connectivity index (χ3n) is 3.18. The van der Waals surface area contributed by atoms with Crippen LogP contribution in [0.3, 0.4) is 0 Å². The van der Waals surface area contributed by atoms with Gasteiger partial charge in [0.1, 0.15) is 5.69 Å². The van der Waals surface area contributed by atoms with Crippen LogP contribution in [0.5, 0.6) is 0 Å². The molecule has 0 aliphatic rings. The van der Waals surface area contributed by atoms with E-state index in [1.165, 1.54) is 6.07 Å². The van der Waals surface area contributed by atoms with Crippen LogP contribution in [0, 0.1) is 17.0 Å². The van der Waals surface area contributed by atoms with Crippen LogP contribution in [-0.4, -0.2) is 16.6 Å². The highest BCUT2D eigenvalue weighted by atomic mass is 35.5. The van der Waals surface area contributed by atoms with Crippen LogP contribution in [0.15, 0.2) is 42.5 Å². The number of nitrogens with one attached hydrogen (secondary N) is 1. The Morgan fingerprint density at radius 3 is 2.67 bits per heavy atom. The molecule has 2 aromatic rings. The summed E-state index contributed by atoms with van der Waals surface area (Å²) < 4.78 is 0. The summed E-state index contributed by atoms with van der Waals surface area (Å²) in [7, 11) is 0. The van der Waals surface area contributed by atoms with Crippen molar-refractivity contribution in [3.05, 3.63) is 68.7 Å². The van der Waals surface area contributed by atoms with Crippen LogP contribution in [0.2, 0.25) is 5.02 Å². The molecule has 0 amide bonds. The molecule has 110 valence electrons. The Labute approximate surface area is 127 Å². The Morgan fingerprint density at radius 2 is 2.00 bits per heavy atom. The lowest BCUT2D eigenvalue weighted by Crippen LogP contribution is -2.14. The minimum Gasteiger partial charge on any atom is -0.387 e. The molecule has 0 heterocycles. The molecule has 0 saturated heterocycles. The van der Waals surface area contributed by atoms with Crippen LogP contribution in [-0.2, 0) is 0 Å². The standard InChI is InChI=1S/C15H15ClN2O3/c1-10-5-4-8-13(18(20)21)15(10)17-9-14(19)11-6-2-3-7-12(11)16/h2-8,14,17,19H,9H2,1H3. The molecule has 0 spiro atoms. The van der Waals surface area contributed by atoms with Crippen LogP contribution in [0.4, 0.5) is 11.4 Å². The molecule has 21 heavy (non-hydrogen) atoms. The van der Waals surface area contributed by atoms with E-state index in [9.17, 15) is 15.2 Å². The molecule has 0 saturated carbocycles. The fraction of sp³-hybridized carbons (Fsp3) is 0.200. The Bertz CT molecular complexity index is 661. The largest absolute Gasteiger partial charge is 0.387 e. The molecule has 5 nitrogen and oxygen atoms in total. The number of para-hydroxylation sites is 1. The lowest BCUT2D eigenvalue weighted by atomic mass is 10.1. The molecular formula is C15H15ClN2O3. The first-order valence-corrected chi connectivity index (χ1v) is 6.79. The van der Waals surface area contributed by atoms with Crippen molar-refractivity contribution in [2.24, 2.45) is 0 Å². The van der Waals surface area contributed by atoms with Gasteiger partial charge in [0.25, 0.3) is 5.69 Å². The van der Waals surface area contributed by atoms with Crippen molar-refractivity contribution >= 4 is 23.0 Å². The average Bonchev–Trinajstić information content (AvgIpc) is 2.45. The Morgan fingerprint density at radius 1 is 1.29 bits per heavy atom. The van der Waals surface area contributed by atoms with Gasteiger partial charge in [0, 0.05) is 23.2 Å². The number of hydrogen-bond acceptors (Lipinski definition) is 4. The normalized spacial score (nSPS) is 12.0. The maximum Gasteiger partial charge on any atom is 0.292 e. The highest BCUT2D eigenvalue weighted by Gasteiger charge is 2.17. The zero-order valence-corrected chi connectivity index (χ0v) is 12.2. The fourth-order valence-electron chi connectivity index (χ4n) is 2.09. The van der Waals surface area contributed by atoms with E-state index in [-0.39, 0.29) is 12.2 Å². The van der Waals surface area contributed by atoms with Crippen molar-refractivity contribution in [2.45, 2.75) is 13.0 Å². The van der Waals surface area contributed by atoms with Gasteiger partial charge in [0.15, 0.2) is 0 Å². The minimum atomic E-state index is -0.849. The molecule has 0 aliphatic carbocycles. The smallest absolute Gasteiger partial charge is 0.292 e. The summed E-state index contributed by atoms with van der Waals surface area (Å²) >= 11 is 6.02. The van der Waals surface area contributed by atoms with E-state index in [0.717, 1.165) is 5.56 Å². The summed E-state index contributed by atoms with van der Waals surface area (Å²) in [5.41, 5.74) is 1.73. The monoisotopic (exact) mass is 306 g/mol. The third kappa shape index (κ3) is 3.51. The quantitative estimate of drug-likeness (QED) is 0.652. The van der Waals surface area contributed by atoms with Crippen LogP contribution < -0.4 is 5.32 Å². The van der Waals surface area contributed by atoms with Gasteiger partial charge in [0.2, 0.25) is 0 Å². The van der Waals surface area contributed by atoms with E-state index < -0.39 is 11.0 Å². The molecule has 0 radical (unpaired) electrons. The molecule has 0 aliphatic heterocycles. The Balaban J connectivity index is 2.17. The Hall–Kier alpha value is -2.11. The molecule has 2 N–H and O–H groups in total. The summed E-state index contributed by atoms with van der Waals surface area (Å²) in [5.74, 6) is 0. The lowest BCUT2D eigenvalue weighted by molar-refractivity contribution is -0.384. The van der Waals surface area contributed by atoms with Crippen LogP contribution in [0.25, 0.3) is 0 Å². The van der Waals surface area contributed by atoms with Crippen molar-refractivity contribution in [1.82, 2.24) is 0 Å². The SMILES string of the molecule is Cc1cccc([N+](=O)[O-])c1NCC(O)c1ccccc1Cl. The second-order valence-electron chi connectivity index (χ2n) is 4.64. The highest BCUT2D eigenvalue weighted by Crippen LogP contribution is 2.29. The van der Waals surface area contributed by atoms with Gasteiger partial charge < -0.3 is 10.4 Å². The van der Waals surface area contributed by atoms with Crippen molar-refractivity contribution in [3.63, 3.8) is 0 Å².